The molecule has 0 unspecified atom stereocenters. The van der Waals surface area contributed by atoms with Crippen LogP contribution in [0.3, 0.4) is 0 Å². The smallest absolute Gasteiger partial charge is 0.309 e. The average Bonchev–Trinajstić information content (AvgIpc) is 2.50. The van der Waals surface area contributed by atoms with E-state index in [1.165, 1.54) is 5.56 Å². The van der Waals surface area contributed by atoms with Gasteiger partial charge >= 0.3 is 5.97 Å². The normalized spacial score (nSPS) is 16.7. The standard InChI is InChI=1S/C18H27NO3/c1-4-21-18(20)15-9-11-19(12-10-15)13-16-7-5-6-8-17(16)22-14(2)3/h5-8,14-15H,4,9-13H2,1-3H3. The lowest BCUT2D eigenvalue weighted by Gasteiger charge is -2.31. The number of benzene rings is 1. The molecule has 1 aliphatic rings. The predicted molar refractivity (Wildman–Crippen MR) is 86.8 cm³/mol. The molecule has 1 saturated heterocycles. The molecule has 0 amide bonds. The van der Waals surface area contributed by atoms with Crippen molar-refractivity contribution in [2.75, 3.05) is 19.7 Å². The summed E-state index contributed by atoms with van der Waals surface area (Å²) in [6, 6.07) is 8.21. The number of nitrogens with zero attached hydrogens (tertiary/aromatic N) is 1. The molecule has 1 aromatic carbocycles. The van der Waals surface area contributed by atoms with E-state index in [2.05, 4.69) is 11.0 Å². The first kappa shape index (κ1) is 16.8. The van der Waals surface area contributed by atoms with Crippen molar-refractivity contribution in [2.45, 2.75) is 46.3 Å². The van der Waals surface area contributed by atoms with Gasteiger partial charge in [0.1, 0.15) is 5.75 Å². The number of hydrogen-bond donors (Lipinski definition) is 0. The van der Waals surface area contributed by atoms with E-state index in [1.807, 2.05) is 39.0 Å². The van der Waals surface area contributed by atoms with E-state index in [1.54, 1.807) is 0 Å². The molecule has 122 valence electrons. The second-order valence-electron chi connectivity index (χ2n) is 6.08. The van der Waals surface area contributed by atoms with E-state index in [4.69, 9.17) is 9.47 Å². The molecule has 4 heteroatoms. The third-order valence-corrected chi connectivity index (χ3v) is 3.94. The summed E-state index contributed by atoms with van der Waals surface area (Å²) in [4.78, 5) is 14.2. The van der Waals surface area contributed by atoms with Gasteiger partial charge in [-0.2, -0.15) is 0 Å². The van der Waals surface area contributed by atoms with Gasteiger partial charge < -0.3 is 9.47 Å². The van der Waals surface area contributed by atoms with Crippen LogP contribution in [0.25, 0.3) is 0 Å². The number of carbonyl (C=O) groups is 1. The van der Waals surface area contributed by atoms with E-state index in [0.717, 1.165) is 38.2 Å². The maximum Gasteiger partial charge on any atom is 0.309 e. The molecule has 1 aromatic rings. The minimum absolute atomic E-state index is 0.0364. The number of rotatable bonds is 6. The fourth-order valence-corrected chi connectivity index (χ4v) is 2.83. The zero-order valence-corrected chi connectivity index (χ0v) is 13.9. The molecule has 22 heavy (non-hydrogen) atoms. The zero-order valence-electron chi connectivity index (χ0n) is 13.9. The summed E-state index contributed by atoms with van der Waals surface area (Å²) < 4.78 is 11.0. The summed E-state index contributed by atoms with van der Waals surface area (Å²) in [6.45, 7) is 9.15. The Morgan fingerprint density at radius 2 is 1.95 bits per heavy atom. The van der Waals surface area contributed by atoms with Crippen LogP contribution in [0.4, 0.5) is 0 Å². The number of carbonyl (C=O) groups excluding carboxylic acids is 1. The SMILES string of the molecule is CCOC(=O)C1CCN(Cc2ccccc2OC(C)C)CC1. The Morgan fingerprint density at radius 1 is 1.27 bits per heavy atom. The number of piperidine rings is 1. The highest BCUT2D eigenvalue weighted by molar-refractivity contribution is 5.72. The van der Waals surface area contributed by atoms with Crippen molar-refractivity contribution in [1.29, 1.82) is 0 Å². The number of ether oxygens (including phenoxy) is 2. The molecular formula is C18H27NO3. The highest BCUT2D eigenvalue weighted by Crippen LogP contribution is 2.25. The summed E-state index contributed by atoms with van der Waals surface area (Å²) in [5.74, 6) is 0.995. The van der Waals surface area contributed by atoms with Gasteiger partial charge in [-0.15, -0.1) is 0 Å². The topological polar surface area (TPSA) is 38.8 Å². The molecule has 0 N–H and O–H groups in total. The minimum atomic E-state index is -0.0364. The monoisotopic (exact) mass is 305 g/mol. The summed E-state index contributed by atoms with van der Waals surface area (Å²) >= 11 is 0. The van der Waals surface area contributed by atoms with Crippen molar-refractivity contribution in [3.8, 4) is 5.75 Å². The number of likely N-dealkylation sites (tertiary alicyclic amines) is 1. The van der Waals surface area contributed by atoms with Gasteiger partial charge in [0.2, 0.25) is 0 Å². The lowest BCUT2D eigenvalue weighted by Crippen LogP contribution is -2.36. The van der Waals surface area contributed by atoms with E-state index in [0.29, 0.717) is 6.61 Å². The first-order chi connectivity index (χ1) is 10.6. The van der Waals surface area contributed by atoms with Crippen LogP contribution in [-0.2, 0) is 16.1 Å². The van der Waals surface area contributed by atoms with E-state index in [-0.39, 0.29) is 18.0 Å². The lowest BCUT2D eigenvalue weighted by molar-refractivity contribution is -0.149. The van der Waals surface area contributed by atoms with Crippen molar-refractivity contribution in [3.05, 3.63) is 29.8 Å². The molecule has 2 rings (SSSR count). The molecule has 0 atom stereocenters. The Bertz CT molecular complexity index is 479. The summed E-state index contributed by atoms with van der Waals surface area (Å²) in [7, 11) is 0. The largest absolute Gasteiger partial charge is 0.491 e. The number of para-hydroxylation sites is 1. The fraction of sp³-hybridized carbons (Fsp3) is 0.611. The van der Waals surface area contributed by atoms with Crippen LogP contribution in [0.2, 0.25) is 0 Å². The van der Waals surface area contributed by atoms with Crippen LogP contribution in [0, 0.1) is 5.92 Å². The van der Waals surface area contributed by atoms with E-state index >= 15 is 0 Å². The van der Waals surface area contributed by atoms with Crippen molar-refractivity contribution in [3.63, 3.8) is 0 Å². The van der Waals surface area contributed by atoms with Crippen molar-refractivity contribution in [2.24, 2.45) is 5.92 Å². The van der Waals surface area contributed by atoms with Gasteiger partial charge in [0.15, 0.2) is 0 Å². The third kappa shape index (κ3) is 4.73. The first-order valence-electron chi connectivity index (χ1n) is 8.23. The van der Waals surface area contributed by atoms with Gasteiger partial charge in [-0.05, 0) is 52.8 Å². The lowest BCUT2D eigenvalue weighted by atomic mass is 9.96. The highest BCUT2D eigenvalue weighted by Gasteiger charge is 2.26. The molecule has 1 aliphatic heterocycles. The summed E-state index contributed by atoms with van der Waals surface area (Å²) in [5, 5.41) is 0. The Labute approximate surface area is 133 Å². The van der Waals surface area contributed by atoms with Gasteiger partial charge in [0, 0.05) is 12.1 Å². The van der Waals surface area contributed by atoms with Crippen LogP contribution >= 0.6 is 0 Å². The summed E-state index contributed by atoms with van der Waals surface area (Å²) in [5.41, 5.74) is 1.21. The quantitative estimate of drug-likeness (QED) is 0.756. The zero-order chi connectivity index (χ0) is 15.9. The first-order valence-corrected chi connectivity index (χ1v) is 8.23. The molecule has 1 heterocycles. The Balaban J connectivity index is 1.90. The van der Waals surface area contributed by atoms with Crippen LogP contribution in [0.5, 0.6) is 5.75 Å². The second kappa shape index (κ2) is 8.18. The Kier molecular flexibility index (Phi) is 6.25. The highest BCUT2D eigenvalue weighted by atomic mass is 16.5. The van der Waals surface area contributed by atoms with Crippen LogP contribution in [0.1, 0.15) is 39.2 Å². The predicted octanol–water partition coefficient (Wildman–Crippen LogP) is 3.25. The van der Waals surface area contributed by atoms with Gasteiger partial charge in [-0.1, -0.05) is 18.2 Å². The average molecular weight is 305 g/mol. The minimum Gasteiger partial charge on any atom is -0.491 e. The van der Waals surface area contributed by atoms with Gasteiger partial charge in [0.05, 0.1) is 18.6 Å². The van der Waals surface area contributed by atoms with Gasteiger partial charge in [0.25, 0.3) is 0 Å². The molecule has 1 fully saturated rings. The fourth-order valence-electron chi connectivity index (χ4n) is 2.83. The second-order valence-corrected chi connectivity index (χ2v) is 6.08. The molecule has 0 bridgehead atoms. The van der Waals surface area contributed by atoms with Crippen LogP contribution in [-0.4, -0.2) is 36.7 Å². The van der Waals surface area contributed by atoms with Crippen molar-refractivity contribution in [1.82, 2.24) is 4.90 Å². The third-order valence-electron chi connectivity index (χ3n) is 3.94. The molecular weight excluding hydrogens is 278 g/mol. The van der Waals surface area contributed by atoms with Gasteiger partial charge in [-0.3, -0.25) is 9.69 Å². The molecule has 0 saturated carbocycles. The van der Waals surface area contributed by atoms with Crippen molar-refractivity contribution < 1.29 is 14.3 Å². The Morgan fingerprint density at radius 3 is 2.59 bits per heavy atom. The molecule has 0 radical (unpaired) electrons. The molecule has 0 aromatic heterocycles. The molecule has 0 aliphatic carbocycles. The maximum absolute atomic E-state index is 11.8. The van der Waals surface area contributed by atoms with Crippen LogP contribution in [0.15, 0.2) is 24.3 Å². The van der Waals surface area contributed by atoms with Gasteiger partial charge in [-0.25, -0.2) is 0 Å². The van der Waals surface area contributed by atoms with Crippen molar-refractivity contribution >= 4 is 5.97 Å². The summed E-state index contributed by atoms with van der Waals surface area (Å²) in [6.07, 6.45) is 1.94. The Hall–Kier alpha value is -1.55. The van der Waals surface area contributed by atoms with E-state index < -0.39 is 0 Å². The molecule has 4 nitrogen and oxygen atoms in total. The van der Waals surface area contributed by atoms with E-state index in [9.17, 15) is 4.79 Å². The molecule has 0 spiro atoms. The van der Waals surface area contributed by atoms with Crippen LogP contribution < -0.4 is 4.74 Å². The number of esters is 1. The number of hydrogen-bond acceptors (Lipinski definition) is 4. The maximum atomic E-state index is 11.8.